The molecular weight excluding hydrogens is 380 g/mol. The van der Waals surface area contributed by atoms with Crippen LogP contribution in [0.25, 0.3) is 0 Å². The molecule has 2 aliphatic rings. The zero-order valence-corrected chi connectivity index (χ0v) is 17.1. The Morgan fingerprint density at radius 2 is 1.73 bits per heavy atom. The van der Waals surface area contributed by atoms with E-state index in [0.717, 1.165) is 19.5 Å². The number of amides is 2. The maximum atomic E-state index is 12.9. The Kier molecular flexibility index (Phi) is 6.53. The van der Waals surface area contributed by atoms with Crippen molar-refractivity contribution in [1.29, 1.82) is 0 Å². The van der Waals surface area contributed by atoms with Crippen LogP contribution >= 0.6 is 0 Å². The van der Waals surface area contributed by atoms with E-state index < -0.39 is 6.04 Å². The average Bonchev–Trinajstić information content (AvgIpc) is 2.81. The molecule has 1 atom stereocenters. The van der Waals surface area contributed by atoms with Gasteiger partial charge in [0.25, 0.3) is 0 Å². The van der Waals surface area contributed by atoms with Crippen molar-refractivity contribution >= 4 is 17.8 Å². The molecule has 0 bridgehead atoms. The fourth-order valence-electron chi connectivity index (χ4n) is 4.07. The quantitative estimate of drug-likeness (QED) is 0.752. The molecule has 3 heterocycles. The highest BCUT2D eigenvalue weighted by Crippen LogP contribution is 2.15. The van der Waals surface area contributed by atoms with E-state index in [9.17, 15) is 9.59 Å². The van der Waals surface area contributed by atoms with Gasteiger partial charge in [0.2, 0.25) is 17.8 Å². The van der Waals surface area contributed by atoms with Crippen LogP contribution < -0.4 is 10.2 Å². The summed E-state index contributed by atoms with van der Waals surface area (Å²) in [5, 5.41) is 2.92. The number of nitrogens with one attached hydrogen (secondary N) is 1. The topological polar surface area (TPSA) is 81.7 Å². The zero-order valence-electron chi connectivity index (χ0n) is 17.1. The highest BCUT2D eigenvalue weighted by atomic mass is 16.2. The molecule has 0 radical (unpaired) electrons. The molecule has 158 valence electrons. The first-order valence-corrected chi connectivity index (χ1v) is 10.6. The van der Waals surface area contributed by atoms with Crippen molar-refractivity contribution in [2.24, 2.45) is 0 Å². The molecule has 8 heteroatoms. The molecule has 0 spiro atoms. The van der Waals surface area contributed by atoms with Gasteiger partial charge in [-0.1, -0.05) is 30.3 Å². The third kappa shape index (κ3) is 4.94. The molecule has 2 fully saturated rings. The predicted molar refractivity (Wildman–Crippen MR) is 114 cm³/mol. The largest absolute Gasteiger partial charge is 0.353 e. The van der Waals surface area contributed by atoms with Crippen LogP contribution in [0.1, 0.15) is 12.0 Å². The SMILES string of the molecule is O=C1NCCN(CCc2ccccc2)[C@@H]1CC(=O)N1CCN(c2ncccn2)CC1. The number of aromatic nitrogens is 2. The fourth-order valence-corrected chi connectivity index (χ4v) is 4.07. The van der Waals surface area contributed by atoms with Crippen molar-refractivity contribution < 1.29 is 9.59 Å². The van der Waals surface area contributed by atoms with Crippen molar-refractivity contribution in [2.75, 3.05) is 50.7 Å². The second-order valence-corrected chi connectivity index (χ2v) is 7.70. The summed E-state index contributed by atoms with van der Waals surface area (Å²) in [6.45, 7) is 4.82. The van der Waals surface area contributed by atoms with E-state index in [1.165, 1.54) is 5.56 Å². The monoisotopic (exact) mass is 408 g/mol. The van der Waals surface area contributed by atoms with Gasteiger partial charge in [0.05, 0.1) is 12.5 Å². The van der Waals surface area contributed by atoms with Crippen LogP contribution in [0, 0.1) is 0 Å². The lowest BCUT2D eigenvalue weighted by molar-refractivity contribution is -0.139. The maximum Gasteiger partial charge on any atom is 0.237 e. The number of benzene rings is 1. The highest BCUT2D eigenvalue weighted by Gasteiger charge is 2.33. The lowest BCUT2D eigenvalue weighted by atomic mass is 10.1. The van der Waals surface area contributed by atoms with Gasteiger partial charge in [-0.2, -0.15) is 0 Å². The summed E-state index contributed by atoms with van der Waals surface area (Å²) < 4.78 is 0. The van der Waals surface area contributed by atoms with Crippen LogP contribution in [0.5, 0.6) is 0 Å². The minimum Gasteiger partial charge on any atom is -0.353 e. The second kappa shape index (κ2) is 9.67. The molecule has 1 aromatic heterocycles. The first-order chi connectivity index (χ1) is 14.7. The number of nitrogens with zero attached hydrogens (tertiary/aromatic N) is 5. The summed E-state index contributed by atoms with van der Waals surface area (Å²) >= 11 is 0. The smallest absolute Gasteiger partial charge is 0.237 e. The molecule has 30 heavy (non-hydrogen) atoms. The summed E-state index contributed by atoms with van der Waals surface area (Å²) in [4.78, 5) is 40.1. The number of carbonyl (C=O) groups excluding carboxylic acids is 2. The molecule has 2 saturated heterocycles. The minimum absolute atomic E-state index is 0.0374. The van der Waals surface area contributed by atoms with Gasteiger partial charge in [-0.05, 0) is 18.1 Å². The maximum absolute atomic E-state index is 12.9. The standard InChI is InChI=1S/C22H28N6O2/c29-20(27-13-15-28(16-14-27)22-24-8-4-9-25-22)17-19-21(30)23-10-12-26(19)11-7-18-5-2-1-3-6-18/h1-6,8-9,19H,7,10-17H2,(H,23,30)/t19-/m1/s1. The van der Waals surface area contributed by atoms with E-state index in [1.54, 1.807) is 18.5 Å². The van der Waals surface area contributed by atoms with E-state index in [4.69, 9.17) is 0 Å². The van der Waals surface area contributed by atoms with Crippen molar-refractivity contribution in [3.8, 4) is 0 Å². The molecule has 2 aliphatic heterocycles. The fraction of sp³-hybridized carbons (Fsp3) is 0.455. The predicted octanol–water partition coefficient (Wildman–Crippen LogP) is 0.558. The molecular formula is C22H28N6O2. The summed E-state index contributed by atoms with van der Waals surface area (Å²) in [6.07, 6.45) is 4.55. The molecule has 0 saturated carbocycles. The molecule has 1 N–H and O–H groups in total. The van der Waals surface area contributed by atoms with Gasteiger partial charge in [0, 0.05) is 58.2 Å². The highest BCUT2D eigenvalue weighted by molar-refractivity contribution is 5.89. The molecule has 8 nitrogen and oxygen atoms in total. The number of piperazine rings is 2. The lowest BCUT2D eigenvalue weighted by Gasteiger charge is -2.38. The average molecular weight is 409 g/mol. The Labute approximate surface area is 176 Å². The van der Waals surface area contributed by atoms with Crippen molar-refractivity contribution in [3.05, 3.63) is 54.4 Å². The second-order valence-electron chi connectivity index (χ2n) is 7.70. The summed E-state index contributed by atoms with van der Waals surface area (Å²) in [5.41, 5.74) is 1.24. The number of hydrogen-bond acceptors (Lipinski definition) is 6. The molecule has 2 aromatic rings. The number of rotatable bonds is 6. The lowest BCUT2D eigenvalue weighted by Crippen LogP contribution is -2.58. The number of carbonyl (C=O) groups is 2. The molecule has 0 unspecified atom stereocenters. The van der Waals surface area contributed by atoms with Crippen LogP contribution in [0.4, 0.5) is 5.95 Å². The number of anilines is 1. The van der Waals surface area contributed by atoms with Crippen LogP contribution in [0.15, 0.2) is 48.8 Å². The third-order valence-electron chi connectivity index (χ3n) is 5.81. The van der Waals surface area contributed by atoms with Gasteiger partial charge in [-0.3, -0.25) is 14.5 Å². The third-order valence-corrected chi connectivity index (χ3v) is 5.81. The first-order valence-electron chi connectivity index (χ1n) is 10.6. The van der Waals surface area contributed by atoms with E-state index in [-0.39, 0.29) is 18.2 Å². The van der Waals surface area contributed by atoms with E-state index in [1.807, 2.05) is 23.1 Å². The normalized spacial score (nSPS) is 20.1. The van der Waals surface area contributed by atoms with Crippen molar-refractivity contribution in [3.63, 3.8) is 0 Å². The first kappa shape index (κ1) is 20.3. The molecule has 1 aromatic carbocycles. The Balaban J connectivity index is 1.32. The Bertz CT molecular complexity index is 839. The Hall–Kier alpha value is -3.00. The molecule has 0 aliphatic carbocycles. The Morgan fingerprint density at radius 1 is 1.00 bits per heavy atom. The van der Waals surface area contributed by atoms with E-state index in [2.05, 4.69) is 37.2 Å². The molecule has 2 amide bonds. The van der Waals surface area contributed by atoms with Gasteiger partial charge >= 0.3 is 0 Å². The minimum atomic E-state index is -0.398. The van der Waals surface area contributed by atoms with Gasteiger partial charge in [-0.15, -0.1) is 0 Å². The van der Waals surface area contributed by atoms with Crippen molar-refractivity contribution in [1.82, 2.24) is 25.1 Å². The van der Waals surface area contributed by atoms with Gasteiger partial charge in [-0.25, -0.2) is 9.97 Å². The van der Waals surface area contributed by atoms with E-state index in [0.29, 0.717) is 38.7 Å². The number of hydrogen-bond donors (Lipinski definition) is 1. The van der Waals surface area contributed by atoms with Gasteiger partial charge in [0.1, 0.15) is 0 Å². The van der Waals surface area contributed by atoms with E-state index >= 15 is 0 Å². The summed E-state index contributed by atoms with van der Waals surface area (Å²) in [7, 11) is 0. The van der Waals surface area contributed by atoms with Crippen LogP contribution in [0.2, 0.25) is 0 Å². The van der Waals surface area contributed by atoms with Crippen LogP contribution in [-0.2, 0) is 16.0 Å². The van der Waals surface area contributed by atoms with Crippen LogP contribution in [-0.4, -0.2) is 83.4 Å². The summed E-state index contributed by atoms with van der Waals surface area (Å²) in [5.74, 6) is 0.692. The van der Waals surface area contributed by atoms with Crippen molar-refractivity contribution in [2.45, 2.75) is 18.9 Å². The van der Waals surface area contributed by atoms with Gasteiger partial charge < -0.3 is 15.1 Å². The van der Waals surface area contributed by atoms with Gasteiger partial charge in [0.15, 0.2) is 0 Å². The van der Waals surface area contributed by atoms with Crippen LogP contribution in [0.3, 0.4) is 0 Å². The zero-order chi connectivity index (χ0) is 20.8. The summed E-state index contributed by atoms with van der Waals surface area (Å²) in [6, 6.07) is 11.6. The molecule has 4 rings (SSSR count). The Morgan fingerprint density at radius 3 is 2.47 bits per heavy atom.